The van der Waals surface area contributed by atoms with Crippen molar-refractivity contribution in [2.45, 2.75) is 77.1 Å². The molecule has 2 aromatic rings. The number of benzene rings is 2. The van der Waals surface area contributed by atoms with Crippen LogP contribution in [0, 0.1) is 12.7 Å². The fourth-order valence-corrected chi connectivity index (χ4v) is 6.08. The summed E-state index contributed by atoms with van der Waals surface area (Å²) in [6.45, 7) is 8.91. The van der Waals surface area contributed by atoms with E-state index >= 15 is 0 Å². The van der Waals surface area contributed by atoms with E-state index in [0.29, 0.717) is 62.3 Å². The summed E-state index contributed by atoms with van der Waals surface area (Å²) in [6.07, 6.45) is -9.41. The highest BCUT2D eigenvalue weighted by molar-refractivity contribution is 5.75. The van der Waals surface area contributed by atoms with Crippen LogP contribution in [-0.2, 0) is 23.6 Å². The molecule has 2 aliphatic heterocycles. The van der Waals surface area contributed by atoms with Crippen LogP contribution in [0.3, 0.4) is 0 Å². The van der Waals surface area contributed by atoms with Gasteiger partial charge in [-0.1, -0.05) is 6.07 Å². The first kappa shape index (κ1) is 35.3. The molecule has 2 heterocycles. The van der Waals surface area contributed by atoms with E-state index in [1.165, 1.54) is 19.2 Å². The minimum atomic E-state index is -5.01. The molecular weight excluding hydrogens is 621 g/mol. The fraction of sp³-hybridized carbons (Fsp3) is 0.562. The van der Waals surface area contributed by atoms with Crippen LogP contribution in [0.1, 0.15) is 67.5 Å². The smallest absolute Gasteiger partial charge is 0.416 e. The summed E-state index contributed by atoms with van der Waals surface area (Å²) in [5.41, 5.74) is -2.54. The predicted molar refractivity (Wildman–Crippen MR) is 156 cm³/mol. The number of aryl methyl sites for hydroxylation is 1. The first-order valence-corrected chi connectivity index (χ1v) is 15.0. The molecule has 3 amide bonds. The van der Waals surface area contributed by atoms with Gasteiger partial charge >= 0.3 is 24.5 Å². The highest BCUT2D eigenvalue weighted by Crippen LogP contribution is 2.38. The zero-order valence-corrected chi connectivity index (χ0v) is 26.4. The number of alkyl halides is 6. The molecule has 0 spiro atoms. The van der Waals surface area contributed by atoms with Gasteiger partial charge in [0, 0.05) is 52.4 Å². The zero-order valence-electron chi connectivity index (χ0n) is 26.4. The van der Waals surface area contributed by atoms with Gasteiger partial charge in [0.25, 0.3) is 0 Å². The van der Waals surface area contributed by atoms with Crippen LogP contribution in [0.4, 0.5) is 40.3 Å². The molecule has 0 bridgehead atoms. The summed E-state index contributed by atoms with van der Waals surface area (Å²) in [7, 11) is 1.33. The summed E-state index contributed by atoms with van der Waals surface area (Å²) >= 11 is 0. The van der Waals surface area contributed by atoms with Gasteiger partial charge in [-0.15, -0.1) is 0 Å². The molecular formula is C32H39F7N4O3. The average molecular weight is 661 g/mol. The van der Waals surface area contributed by atoms with E-state index in [-0.39, 0.29) is 24.2 Å². The topological polar surface area (TPSA) is 56.3 Å². The lowest BCUT2D eigenvalue weighted by Gasteiger charge is -2.47. The van der Waals surface area contributed by atoms with Crippen LogP contribution < -0.4 is 0 Å². The van der Waals surface area contributed by atoms with Crippen LogP contribution >= 0.6 is 0 Å². The lowest BCUT2D eigenvalue weighted by Crippen LogP contribution is -2.56. The summed E-state index contributed by atoms with van der Waals surface area (Å²) in [5, 5.41) is 0. The van der Waals surface area contributed by atoms with Crippen molar-refractivity contribution in [3.8, 4) is 0 Å². The number of carbonyl (C=O) groups is 2. The Morgan fingerprint density at radius 3 is 2.00 bits per heavy atom. The minimum Gasteiger partial charge on any atom is -0.444 e. The van der Waals surface area contributed by atoms with Crippen LogP contribution in [0.5, 0.6) is 0 Å². The van der Waals surface area contributed by atoms with Crippen molar-refractivity contribution in [1.82, 2.24) is 19.6 Å². The SMILES string of the molecule is Cc1cc(F)ccc1[C@H]1C[C@@H](N2CCN(C(=O)OC(C)(C)C)CC2)CCN1C(=O)N(C)Cc1cc(C(F)(F)F)cc(C(F)(F)F)c1. The molecule has 0 radical (unpaired) electrons. The number of carbonyl (C=O) groups excluding carboxylic acids is 2. The number of piperazine rings is 1. The highest BCUT2D eigenvalue weighted by Gasteiger charge is 2.40. The predicted octanol–water partition coefficient (Wildman–Crippen LogP) is 7.48. The van der Waals surface area contributed by atoms with E-state index in [0.717, 1.165) is 4.90 Å². The molecule has 2 aliphatic rings. The number of hydrogen-bond acceptors (Lipinski definition) is 4. The Balaban J connectivity index is 1.54. The van der Waals surface area contributed by atoms with Crippen molar-refractivity contribution in [2.24, 2.45) is 0 Å². The van der Waals surface area contributed by atoms with E-state index in [1.54, 1.807) is 43.6 Å². The maximum Gasteiger partial charge on any atom is 0.416 e. The van der Waals surface area contributed by atoms with E-state index < -0.39 is 59.6 Å². The Labute approximate surface area is 263 Å². The standard InChI is InChI=1S/C32H39F7N4O3/c1-20-14-24(33)6-7-26(20)27-18-25(41-10-12-42(13-11-41)29(45)46-30(2,3)4)8-9-43(27)28(44)40(5)19-21-15-22(31(34,35)36)17-23(16-21)32(37,38)39/h6-7,14-17,25,27H,8-13,18-19H2,1-5H3/t25-,27+/m0/s1. The van der Waals surface area contributed by atoms with Gasteiger partial charge in [-0.25, -0.2) is 14.0 Å². The average Bonchev–Trinajstić information content (AvgIpc) is 2.94. The van der Waals surface area contributed by atoms with Crippen molar-refractivity contribution in [3.05, 3.63) is 70.0 Å². The van der Waals surface area contributed by atoms with Crippen LogP contribution in [0.25, 0.3) is 0 Å². The molecule has 7 nitrogen and oxygen atoms in total. The third-order valence-corrected chi connectivity index (χ3v) is 8.29. The van der Waals surface area contributed by atoms with Gasteiger partial charge in [-0.3, -0.25) is 4.90 Å². The summed E-state index contributed by atoms with van der Waals surface area (Å²) < 4.78 is 100. The Morgan fingerprint density at radius 1 is 0.891 bits per heavy atom. The number of ether oxygens (including phenoxy) is 1. The monoisotopic (exact) mass is 660 g/mol. The normalized spacial score (nSPS) is 20.1. The second-order valence-electron chi connectivity index (χ2n) is 12.9. The van der Waals surface area contributed by atoms with Gasteiger partial charge in [0.05, 0.1) is 17.2 Å². The number of piperidine rings is 1. The minimum absolute atomic E-state index is 0.00223. The van der Waals surface area contributed by atoms with Crippen molar-refractivity contribution in [3.63, 3.8) is 0 Å². The van der Waals surface area contributed by atoms with E-state index in [4.69, 9.17) is 4.74 Å². The summed E-state index contributed by atoms with van der Waals surface area (Å²) in [5.74, 6) is -0.452. The Morgan fingerprint density at radius 2 is 1.48 bits per heavy atom. The molecule has 2 aromatic carbocycles. The number of amides is 3. The molecule has 0 aromatic heterocycles. The first-order chi connectivity index (χ1) is 21.2. The van der Waals surface area contributed by atoms with Crippen LogP contribution in [0.2, 0.25) is 0 Å². The number of hydrogen-bond donors (Lipinski definition) is 0. The maximum atomic E-state index is 14.0. The van der Waals surface area contributed by atoms with Crippen molar-refractivity contribution in [2.75, 3.05) is 39.8 Å². The van der Waals surface area contributed by atoms with E-state index in [9.17, 15) is 40.3 Å². The van der Waals surface area contributed by atoms with Gasteiger partial charge < -0.3 is 19.4 Å². The van der Waals surface area contributed by atoms with E-state index in [1.807, 2.05) is 0 Å². The second kappa shape index (κ2) is 13.3. The van der Waals surface area contributed by atoms with E-state index in [2.05, 4.69) is 4.90 Å². The summed E-state index contributed by atoms with van der Waals surface area (Å²) in [6, 6.07) is 4.41. The number of urea groups is 1. The van der Waals surface area contributed by atoms with Gasteiger partial charge in [0.2, 0.25) is 0 Å². The zero-order chi connectivity index (χ0) is 34.2. The Bertz CT molecular complexity index is 1380. The van der Waals surface area contributed by atoms with Crippen LogP contribution in [0.15, 0.2) is 36.4 Å². The molecule has 0 unspecified atom stereocenters. The molecule has 2 fully saturated rings. The quantitative estimate of drug-likeness (QED) is 0.319. The van der Waals surface area contributed by atoms with Crippen molar-refractivity contribution < 1.29 is 45.1 Å². The maximum absolute atomic E-state index is 14.0. The highest BCUT2D eigenvalue weighted by atomic mass is 19.4. The summed E-state index contributed by atoms with van der Waals surface area (Å²) in [4.78, 5) is 32.9. The third-order valence-electron chi connectivity index (χ3n) is 8.29. The molecule has 14 heteroatoms. The number of rotatable bonds is 4. The molecule has 2 saturated heterocycles. The molecule has 46 heavy (non-hydrogen) atoms. The Kier molecular flexibility index (Phi) is 10.2. The largest absolute Gasteiger partial charge is 0.444 e. The van der Waals surface area contributed by atoms with Crippen molar-refractivity contribution >= 4 is 12.1 Å². The lowest BCUT2D eigenvalue weighted by molar-refractivity contribution is -0.143. The molecule has 0 saturated carbocycles. The fourth-order valence-electron chi connectivity index (χ4n) is 6.08. The van der Waals surface area contributed by atoms with Gasteiger partial charge in [-0.05, 0) is 87.6 Å². The molecule has 0 aliphatic carbocycles. The number of halogens is 7. The molecule has 254 valence electrons. The third kappa shape index (κ3) is 8.62. The van der Waals surface area contributed by atoms with Gasteiger partial charge in [0.1, 0.15) is 11.4 Å². The number of likely N-dealkylation sites (tertiary alicyclic amines) is 1. The van der Waals surface area contributed by atoms with Crippen molar-refractivity contribution in [1.29, 1.82) is 0 Å². The van der Waals surface area contributed by atoms with Crippen LogP contribution in [-0.4, -0.2) is 83.1 Å². The lowest BCUT2D eigenvalue weighted by atomic mass is 9.88. The van der Waals surface area contributed by atoms with Gasteiger partial charge in [-0.2, -0.15) is 26.3 Å². The molecule has 0 N–H and O–H groups in total. The second-order valence-corrected chi connectivity index (χ2v) is 12.9. The Hall–Kier alpha value is -3.55. The first-order valence-electron chi connectivity index (χ1n) is 15.0. The molecule has 2 atom stereocenters. The van der Waals surface area contributed by atoms with Gasteiger partial charge in [0.15, 0.2) is 0 Å². The number of nitrogens with zero attached hydrogens (tertiary/aromatic N) is 4. The molecule has 4 rings (SSSR count).